The van der Waals surface area contributed by atoms with Crippen LogP contribution >= 0.6 is 0 Å². The molecule has 2 heterocycles. The fourth-order valence-electron chi connectivity index (χ4n) is 3.35. The number of para-hydroxylation sites is 1. The Morgan fingerprint density at radius 3 is 2.83 bits per heavy atom. The van der Waals surface area contributed by atoms with Gasteiger partial charge in [-0.05, 0) is 45.2 Å². The van der Waals surface area contributed by atoms with Crippen molar-refractivity contribution in [2.75, 3.05) is 6.54 Å². The SMILES string of the molecule is Cc1c(C(=O)N2CCCCC2C(C)O)cnn1-c1ccccc1F. The van der Waals surface area contributed by atoms with E-state index in [4.69, 9.17) is 0 Å². The van der Waals surface area contributed by atoms with Gasteiger partial charge in [-0.1, -0.05) is 12.1 Å². The van der Waals surface area contributed by atoms with Gasteiger partial charge < -0.3 is 10.0 Å². The monoisotopic (exact) mass is 331 g/mol. The van der Waals surface area contributed by atoms with E-state index in [-0.39, 0.29) is 17.8 Å². The summed E-state index contributed by atoms with van der Waals surface area (Å²) in [5, 5.41) is 14.2. The molecule has 5 nitrogen and oxygen atoms in total. The van der Waals surface area contributed by atoms with Gasteiger partial charge in [-0.3, -0.25) is 4.79 Å². The van der Waals surface area contributed by atoms with Crippen LogP contribution in [0.15, 0.2) is 30.5 Å². The van der Waals surface area contributed by atoms with Crippen LogP contribution in [0.3, 0.4) is 0 Å². The van der Waals surface area contributed by atoms with Crippen LogP contribution in [0.5, 0.6) is 0 Å². The number of amides is 1. The first-order valence-electron chi connectivity index (χ1n) is 8.29. The smallest absolute Gasteiger partial charge is 0.257 e. The van der Waals surface area contributed by atoms with Gasteiger partial charge in [0.15, 0.2) is 0 Å². The summed E-state index contributed by atoms with van der Waals surface area (Å²) in [6.45, 7) is 4.10. The fourth-order valence-corrected chi connectivity index (χ4v) is 3.35. The van der Waals surface area contributed by atoms with Gasteiger partial charge in [0.05, 0.1) is 29.6 Å². The van der Waals surface area contributed by atoms with Gasteiger partial charge in [-0.15, -0.1) is 0 Å². The van der Waals surface area contributed by atoms with Gasteiger partial charge in [0, 0.05) is 6.54 Å². The zero-order valence-corrected chi connectivity index (χ0v) is 13.9. The lowest BCUT2D eigenvalue weighted by atomic mass is 9.97. The van der Waals surface area contributed by atoms with Gasteiger partial charge in [-0.25, -0.2) is 9.07 Å². The summed E-state index contributed by atoms with van der Waals surface area (Å²) in [4.78, 5) is 14.7. The average Bonchev–Trinajstić information content (AvgIpc) is 2.96. The van der Waals surface area contributed by atoms with E-state index in [1.165, 1.54) is 16.9 Å². The largest absolute Gasteiger partial charge is 0.391 e. The summed E-state index contributed by atoms with van der Waals surface area (Å²) >= 11 is 0. The molecule has 2 aromatic rings. The Labute approximate surface area is 140 Å². The number of aliphatic hydroxyl groups excluding tert-OH is 1. The minimum absolute atomic E-state index is 0.152. The number of likely N-dealkylation sites (tertiary alicyclic amines) is 1. The fraction of sp³-hybridized carbons (Fsp3) is 0.444. The summed E-state index contributed by atoms with van der Waals surface area (Å²) in [6, 6.07) is 6.16. The lowest BCUT2D eigenvalue weighted by Crippen LogP contribution is -2.49. The van der Waals surface area contributed by atoms with Crippen LogP contribution in [0, 0.1) is 12.7 Å². The standard InChI is InChI=1S/C18H22FN3O2/c1-12-14(11-20-22(12)17-9-4-3-7-15(17)19)18(24)21-10-6-5-8-16(21)13(2)23/h3-4,7,9,11,13,16,23H,5-6,8,10H2,1-2H3. The Kier molecular flexibility index (Phi) is 4.66. The van der Waals surface area contributed by atoms with Crippen LogP contribution in [-0.4, -0.2) is 44.4 Å². The molecule has 1 aliphatic heterocycles. The highest BCUT2D eigenvalue weighted by Gasteiger charge is 2.32. The highest BCUT2D eigenvalue weighted by Crippen LogP contribution is 2.24. The van der Waals surface area contributed by atoms with Crippen molar-refractivity contribution in [1.29, 1.82) is 0 Å². The van der Waals surface area contributed by atoms with Crippen LogP contribution < -0.4 is 0 Å². The second-order valence-corrected chi connectivity index (χ2v) is 6.31. The maximum absolute atomic E-state index is 14.0. The third-order valence-corrected chi connectivity index (χ3v) is 4.69. The van der Waals surface area contributed by atoms with Gasteiger partial charge in [0.25, 0.3) is 5.91 Å². The molecular weight excluding hydrogens is 309 g/mol. The Hall–Kier alpha value is -2.21. The number of hydrogen-bond donors (Lipinski definition) is 1. The van der Waals surface area contributed by atoms with Crippen LogP contribution in [0.2, 0.25) is 0 Å². The maximum Gasteiger partial charge on any atom is 0.257 e. The molecule has 0 radical (unpaired) electrons. The van der Waals surface area contributed by atoms with E-state index in [0.29, 0.717) is 23.5 Å². The molecule has 1 aromatic heterocycles. The van der Waals surface area contributed by atoms with Crippen molar-refractivity contribution in [2.45, 2.75) is 45.3 Å². The van der Waals surface area contributed by atoms with Gasteiger partial charge in [-0.2, -0.15) is 5.10 Å². The van der Waals surface area contributed by atoms with Crippen molar-refractivity contribution in [1.82, 2.24) is 14.7 Å². The molecule has 2 atom stereocenters. The zero-order chi connectivity index (χ0) is 17.3. The average molecular weight is 331 g/mol. The molecule has 1 aliphatic rings. The molecular formula is C18H22FN3O2. The number of benzene rings is 1. The van der Waals surface area contributed by atoms with E-state index in [2.05, 4.69) is 5.10 Å². The third kappa shape index (κ3) is 2.94. The molecule has 1 fully saturated rings. The van der Waals surface area contributed by atoms with Gasteiger partial charge in [0.2, 0.25) is 0 Å². The predicted octanol–water partition coefficient (Wildman–Crippen LogP) is 2.70. The number of halogens is 1. The lowest BCUT2D eigenvalue weighted by Gasteiger charge is -2.37. The molecule has 0 bridgehead atoms. The van der Waals surface area contributed by atoms with Crippen LogP contribution in [0.4, 0.5) is 4.39 Å². The first-order chi connectivity index (χ1) is 11.5. The van der Waals surface area contributed by atoms with Gasteiger partial charge in [0.1, 0.15) is 11.5 Å². The van der Waals surface area contributed by atoms with E-state index in [1.54, 1.807) is 36.9 Å². The Morgan fingerprint density at radius 2 is 2.12 bits per heavy atom. The first-order valence-corrected chi connectivity index (χ1v) is 8.29. The maximum atomic E-state index is 14.0. The molecule has 2 unspecified atom stereocenters. The highest BCUT2D eigenvalue weighted by molar-refractivity contribution is 5.95. The van der Waals surface area contributed by atoms with Crippen LogP contribution in [0.25, 0.3) is 5.69 Å². The molecule has 1 saturated heterocycles. The summed E-state index contributed by atoms with van der Waals surface area (Å²) in [5.41, 5.74) is 1.37. The molecule has 24 heavy (non-hydrogen) atoms. The molecule has 1 aromatic carbocycles. The van der Waals surface area contributed by atoms with E-state index in [0.717, 1.165) is 19.3 Å². The Bertz CT molecular complexity index is 742. The number of nitrogens with zero attached hydrogens (tertiary/aromatic N) is 3. The van der Waals surface area contributed by atoms with Gasteiger partial charge >= 0.3 is 0 Å². The summed E-state index contributed by atoms with van der Waals surface area (Å²) < 4.78 is 15.4. The van der Waals surface area contributed by atoms with Crippen molar-refractivity contribution in [3.8, 4) is 5.69 Å². The highest BCUT2D eigenvalue weighted by atomic mass is 19.1. The van der Waals surface area contributed by atoms with Crippen molar-refractivity contribution < 1.29 is 14.3 Å². The van der Waals surface area contributed by atoms with Crippen molar-refractivity contribution in [3.05, 3.63) is 47.5 Å². The molecule has 6 heteroatoms. The number of hydrogen-bond acceptors (Lipinski definition) is 3. The Morgan fingerprint density at radius 1 is 1.38 bits per heavy atom. The Balaban J connectivity index is 1.93. The number of carbonyl (C=O) groups excluding carboxylic acids is 1. The second kappa shape index (κ2) is 6.73. The molecule has 0 aliphatic carbocycles. The minimum Gasteiger partial charge on any atom is -0.391 e. The van der Waals surface area contributed by atoms with Crippen molar-refractivity contribution >= 4 is 5.91 Å². The summed E-state index contributed by atoms with van der Waals surface area (Å²) in [7, 11) is 0. The number of piperidine rings is 1. The molecule has 128 valence electrons. The second-order valence-electron chi connectivity index (χ2n) is 6.31. The topological polar surface area (TPSA) is 58.4 Å². The molecule has 3 rings (SSSR count). The van der Waals surface area contributed by atoms with E-state index >= 15 is 0 Å². The molecule has 1 N–H and O–H groups in total. The molecule has 0 saturated carbocycles. The van der Waals surface area contributed by atoms with Crippen LogP contribution in [-0.2, 0) is 0 Å². The number of aliphatic hydroxyl groups is 1. The van der Waals surface area contributed by atoms with E-state index in [9.17, 15) is 14.3 Å². The number of carbonyl (C=O) groups is 1. The van der Waals surface area contributed by atoms with E-state index in [1.807, 2.05) is 0 Å². The van der Waals surface area contributed by atoms with Crippen molar-refractivity contribution in [3.63, 3.8) is 0 Å². The lowest BCUT2D eigenvalue weighted by molar-refractivity contribution is 0.0280. The third-order valence-electron chi connectivity index (χ3n) is 4.69. The van der Waals surface area contributed by atoms with Crippen molar-refractivity contribution in [2.24, 2.45) is 0 Å². The predicted molar refractivity (Wildman–Crippen MR) is 88.6 cm³/mol. The van der Waals surface area contributed by atoms with Crippen LogP contribution in [0.1, 0.15) is 42.2 Å². The summed E-state index contributed by atoms with van der Waals surface area (Å²) in [6.07, 6.45) is 3.64. The zero-order valence-electron chi connectivity index (χ0n) is 13.9. The first kappa shape index (κ1) is 16.6. The normalized spacial score (nSPS) is 19.3. The summed E-state index contributed by atoms with van der Waals surface area (Å²) in [5.74, 6) is -0.539. The minimum atomic E-state index is -0.573. The number of rotatable bonds is 3. The van der Waals surface area contributed by atoms with E-state index < -0.39 is 6.10 Å². The molecule has 1 amide bonds. The number of aromatic nitrogens is 2. The quantitative estimate of drug-likeness (QED) is 0.941. The molecule has 0 spiro atoms.